The van der Waals surface area contributed by atoms with Crippen molar-refractivity contribution < 1.29 is 23.9 Å². The van der Waals surface area contributed by atoms with Crippen LogP contribution >= 0.6 is 0 Å². The SMILES string of the molecule is COC(=O)[C@H]1CCCN1CC(=O)NCc1ccc(OCC(N)=O)cc1. The van der Waals surface area contributed by atoms with Crippen LogP contribution in [0.4, 0.5) is 0 Å². The molecule has 8 heteroatoms. The lowest BCUT2D eigenvalue weighted by molar-refractivity contribution is -0.146. The number of ether oxygens (including phenoxy) is 2. The van der Waals surface area contributed by atoms with E-state index < -0.39 is 5.91 Å². The lowest BCUT2D eigenvalue weighted by atomic mass is 10.2. The smallest absolute Gasteiger partial charge is 0.323 e. The lowest BCUT2D eigenvalue weighted by Gasteiger charge is -2.21. The number of primary amides is 1. The number of esters is 1. The average molecular weight is 349 g/mol. The van der Waals surface area contributed by atoms with E-state index in [4.69, 9.17) is 15.2 Å². The van der Waals surface area contributed by atoms with Gasteiger partial charge in [0.2, 0.25) is 5.91 Å². The number of nitrogens with two attached hydrogens (primary N) is 1. The molecule has 1 saturated heterocycles. The van der Waals surface area contributed by atoms with Crippen molar-refractivity contribution in [1.82, 2.24) is 10.2 Å². The van der Waals surface area contributed by atoms with Crippen LogP contribution in [0.2, 0.25) is 0 Å². The second-order valence-corrected chi connectivity index (χ2v) is 5.83. The van der Waals surface area contributed by atoms with Gasteiger partial charge in [0.25, 0.3) is 5.91 Å². The van der Waals surface area contributed by atoms with Crippen LogP contribution in [-0.2, 0) is 25.7 Å². The summed E-state index contributed by atoms with van der Waals surface area (Å²) in [4.78, 5) is 36.3. The van der Waals surface area contributed by atoms with E-state index in [0.717, 1.165) is 12.0 Å². The van der Waals surface area contributed by atoms with E-state index in [9.17, 15) is 14.4 Å². The van der Waals surface area contributed by atoms with Gasteiger partial charge >= 0.3 is 5.97 Å². The molecule has 2 rings (SSSR count). The molecule has 1 aromatic rings. The Hall–Kier alpha value is -2.61. The molecule has 1 fully saturated rings. The number of methoxy groups -OCH3 is 1. The molecule has 0 aliphatic carbocycles. The number of carbonyl (C=O) groups excluding carboxylic acids is 3. The van der Waals surface area contributed by atoms with Gasteiger partial charge in [0.05, 0.1) is 13.7 Å². The van der Waals surface area contributed by atoms with Gasteiger partial charge in [0, 0.05) is 6.54 Å². The number of rotatable bonds is 8. The van der Waals surface area contributed by atoms with Gasteiger partial charge in [-0.3, -0.25) is 19.3 Å². The number of likely N-dealkylation sites (tertiary alicyclic amines) is 1. The molecule has 3 N–H and O–H groups in total. The Morgan fingerprint density at radius 3 is 2.64 bits per heavy atom. The third-order valence-corrected chi connectivity index (χ3v) is 3.98. The van der Waals surface area contributed by atoms with E-state index in [2.05, 4.69) is 5.32 Å². The predicted octanol–water partition coefficient (Wildman–Crippen LogP) is -0.196. The van der Waals surface area contributed by atoms with Crippen molar-refractivity contribution in [2.75, 3.05) is 26.8 Å². The molecule has 0 saturated carbocycles. The highest BCUT2D eigenvalue weighted by molar-refractivity contribution is 5.80. The van der Waals surface area contributed by atoms with Crippen LogP contribution in [-0.4, -0.2) is 55.5 Å². The Morgan fingerprint density at radius 1 is 1.28 bits per heavy atom. The number of nitrogens with one attached hydrogen (secondary N) is 1. The molecule has 1 atom stereocenters. The van der Waals surface area contributed by atoms with E-state index in [1.54, 1.807) is 24.3 Å². The fraction of sp³-hybridized carbons (Fsp3) is 0.471. The van der Waals surface area contributed by atoms with Gasteiger partial charge in [0.1, 0.15) is 11.8 Å². The lowest BCUT2D eigenvalue weighted by Crippen LogP contribution is -2.43. The number of benzene rings is 1. The summed E-state index contributed by atoms with van der Waals surface area (Å²) in [6.45, 7) is 1.07. The van der Waals surface area contributed by atoms with Gasteiger partial charge in [-0.2, -0.15) is 0 Å². The Kier molecular flexibility index (Phi) is 6.76. The highest BCUT2D eigenvalue weighted by Crippen LogP contribution is 2.17. The molecule has 1 heterocycles. The third kappa shape index (κ3) is 5.75. The molecule has 136 valence electrons. The molecule has 1 aliphatic heterocycles. The van der Waals surface area contributed by atoms with Gasteiger partial charge in [0.15, 0.2) is 6.61 Å². The van der Waals surface area contributed by atoms with Crippen LogP contribution in [0.15, 0.2) is 24.3 Å². The zero-order chi connectivity index (χ0) is 18.2. The molecule has 0 unspecified atom stereocenters. The van der Waals surface area contributed by atoms with Crippen molar-refractivity contribution in [3.63, 3.8) is 0 Å². The van der Waals surface area contributed by atoms with Crippen LogP contribution in [0.25, 0.3) is 0 Å². The highest BCUT2D eigenvalue weighted by Gasteiger charge is 2.32. The van der Waals surface area contributed by atoms with Crippen LogP contribution in [0, 0.1) is 0 Å². The van der Waals surface area contributed by atoms with Crippen molar-refractivity contribution in [1.29, 1.82) is 0 Å². The number of hydrogen-bond donors (Lipinski definition) is 2. The first kappa shape index (κ1) is 18.7. The molecule has 1 aliphatic rings. The average Bonchev–Trinajstić information content (AvgIpc) is 3.06. The van der Waals surface area contributed by atoms with E-state index >= 15 is 0 Å². The summed E-state index contributed by atoms with van der Waals surface area (Å²) in [6, 6.07) is 6.67. The summed E-state index contributed by atoms with van der Waals surface area (Å²) in [5.41, 5.74) is 5.91. The number of carbonyl (C=O) groups is 3. The topological polar surface area (TPSA) is 111 Å². The van der Waals surface area contributed by atoms with Crippen LogP contribution in [0.3, 0.4) is 0 Å². The molecule has 2 amide bonds. The predicted molar refractivity (Wildman–Crippen MR) is 89.6 cm³/mol. The molecule has 0 aromatic heterocycles. The minimum Gasteiger partial charge on any atom is -0.484 e. The van der Waals surface area contributed by atoms with Gasteiger partial charge < -0.3 is 20.5 Å². The second-order valence-electron chi connectivity index (χ2n) is 5.83. The van der Waals surface area contributed by atoms with E-state index in [1.807, 2.05) is 4.90 Å². The second kappa shape index (κ2) is 9.03. The summed E-state index contributed by atoms with van der Waals surface area (Å²) in [7, 11) is 1.36. The van der Waals surface area contributed by atoms with Crippen LogP contribution in [0.5, 0.6) is 5.75 Å². The monoisotopic (exact) mass is 349 g/mol. The standard InChI is InChI=1S/C17H23N3O5/c1-24-17(23)14-3-2-8-20(14)10-16(22)19-9-12-4-6-13(7-5-12)25-11-15(18)21/h4-7,14H,2-3,8-11H2,1H3,(H2,18,21)(H,19,22)/t14-/m1/s1. The quantitative estimate of drug-likeness (QED) is 0.629. The van der Waals surface area contributed by atoms with Crippen molar-refractivity contribution in [3.05, 3.63) is 29.8 Å². The number of hydrogen-bond acceptors (Lipinski definition) is 6. The minimum absolute atomic E-state index is 0.148. The minimum atomic E-state index is -0.538. The Labute approximate surface area is 146 Å². The molecule has 1 aromatic carbocycles. The molecule has 0 spiro atoms. The maximum atomic E-state index is 12.1. The Bertz CT molecular complexity index is 617. The molecule has 0 bridgehead atoms. The van der Waals surface area contributed by atoms with Crippen molar-refractivity contribution in [3.8, 4) is 5.75 Å². The first-order valence-corrected chi connectivity index (χ1v) is 8.08. The van der Waals surface area contributed by atoms with Crippen molar-refractivity contribution in [2.45, 2.75) is 25.4 Å². The molecule has 25 heavy (non-hydrogen) atoms. The molecule has 8 nitrogen and oxygen atoms in total. The summed E-state index contributed by atoms with van der Waals surface area (Å²) in [5, 5.41) is 2.83. The normalized spacial score (nSPS) is 17.1. The Morgan fingerprint density at radius 2 is 2.00 bits per heavy atom. The maximum Gasteiger partial charge on any atom is 0.323 e. The fourth-order valence-electron chi connectivity index (χ4n) is 2.72. The first-order chi connectivity index (χ1) is 12.0. The molecule has 0 radical (unpaired) electrons. The third-order valence-electron chi connectivity index (χ3n) is 3.98. The zero-order valence-corrected chi connectivity index (χ0v) is 14.2. The van der Waals surface area contributed by atoms with E-state index in [-0.39, 0.29) is 31.1 Å². The molecular weight excluding hydrogens is 326 g/mol. The zero-order valence-electron chi connectivity index (χ0n) is 14.2. The largest absolute Gasteiger partial charge is 0.484 e. The van der Waals surface area contributed by atoms with Gasteiger partial charge in [-0.15, -0.1) is 0 Å². The Balaban J connectivity index is 1.77. The molecular formula is C17H23N3O5. The van der Waals surface area contributed by atoms with Crippen LogP contribution in [0.1, 0.15) is 18.4 Å². The summed E-state index contributed by atoms with van der Waals surface area (Å²) >= 11 is 0. The van der Waals surface area contributed by atoms with Gasteiger partial charge in [-0.05, 0) is 37.1 Å². The summed E-state index contributed by atoms with van der Waals surface area (Å²) in [6.07, 6.45) is 1.59. The van der Waals surface area contributed by atoms with Gasteiger partial charge in [-0.25, -0.2) is 0 Å². The highest BCUT2D eigenvalue weighted by atomic mass is 16.5. The van der Waals surface area contributed by atoms with E-state index in [1.165, 1.54) is 7.11 Å². The first-order valence-electron chi connectivity index (χ1n) is 8.08. The van der Waals surface area contributed by atoms with Crippen molar-refractivity contribution >= 4 is 17.8 Å². The summed E-state index contributed by atoms with van der Waals surface area (Å²) in [5.74, 6) is -0.447. The number of amides is 2. The summed E-state index contributed by atoms with van der Waals surface area (Å²) < 4.78 is 9.94. The van der Waals surface area contributed by atoms with E-state index in [0.29, 0.717) is 25.3 Å². The van der Waals surface area contributed by atoms with Crippen molar-refractivity contribution in [2.24, 2.45) is 5.73 Å². The number of nitrogens with zero attached hydrogens (tertiary/aromatic N) is 1. The van der Waals surface area contributed by atoms with Gasteiger partial charge in [-0.1, -0.05) is 12.1 Å². The fourth-order valence-corrected chi connectivity index (χ4v) is 2.72. The van der Waals surface area contributed by atoms with Crippen LogP contribution < -0.4 is 15.8 Å². The maximum absolute atomic E-state index is 12.1.